The molecular weight excluding hydrogens is 510 g/mol. The van der Waals surface area contributed by atoms with Crippen LogP contribution in [0.1, 0.15) is 120 Å². The average molecular weight is 571 g/mol. The van der Waals surface area contributed by atoms with E-state index < -0.39 is 0 Å². The molecule has 0 saturated heterocycles. The summed E-state index contributed by atoms with van der Waals surface area (Å²) < 4.78 is 3.10. The Labute approximate surface area is 234 Å². The van der Waals surface area contributed by atoms with E-state index in [1.165, 1.54) is 55.2 Å². The SMILES string of the molecule is C=CC(C)=O.CC.CC.CCC.CCC.CCC(C)CC.Cc1cc2c(cc1Br)c(C)cn2CC=O. The normalized spacial score (nSPS) is 8.44. The molecule has 2 aromatic rings. The molecule has 3 nitrogen and oxygen atoms in total. The predicted octanol–water partition coefficient (Wildman–Crippen LogP) is 11.3. The second-order valence-electron chi connectivity index (χ2n) is 7.90. The Bertz CT molecular complexity index is 757. The smallest absolute Gasteiger partial charge is 0.152 e. The minimum Gasteiger partial charge on any atom is -0.340 e. The summed E-state index contributed by atoms with van der Waals surface area (Å²) in [5.41, 5.74) is 3.51. The number of fused-ring (bicyclic) bond motifs is 1. The molecule has 36 heavy (non-hydrogen) atoms. The zero-order chi connectivity index (χ0) is 29.7. The fraction of sp³-hybridized carbons (Fsp3) is 0.625. The Kier molecular flexibility index (Phi) is 41.0. The number of carbonyl (C=O) groups is 2. The maximum atomic E-state index is 10.5. The number of benzene rings is 1. The number of carbonyl (C=O) groups excluding carboxylic acids is 2. The number of rotatable bonds is 5. The molecule has 0 aliphatic heterocycles. The number of halogens is 1. The molecule has 0 unspecified atom stereocenters. The summed E-state index contributed by atoms with van der Waals surface area (Å²) in [6.45, 7) is 32.4. The largest absolute Gasteiger partial charge is 0.340 e. The third kappa shape index (κ3) is 25.4. The molecule has 0 fully saturated rings. The molecule has 212 valence electrons. The molecular formula is C32H60BrNO2. The van der Waals surface area contributed by atoms with Crippen LogP contribution in [-0.4, -0.2) is 16.6 Å². The van der Waals surface area contributed by atoms with Gasteiger partial charge >= 0.3 is 0 Å². The molecule has 0 amide bonds. The average Bonchev–Trinajstić information content (AvgIpc) is 3.17. The first-order valence-corrected chi connectivity index (χ1v) is 14.7. The van der Waals surface area contributed by atoms with E-state index in [1.807, 2.05) is 38.5 Å². The highest BCUT2D eigenvalue weighted by molar-refractivity contribution is 9.10. The third-order valence-electron chi connectivity index (χ3n) is 4.31. The zero-order valence-electron chi connectivity index (χ0n) is 26.3. The van der Waals surface area contributed by atoms with E-state index in [1.54, 1.807) is 0 Å². The number of aldehydes is 1. The lowest BCUT2D eigenvalue weighted by Crippen LogP contribution is -1.96. The van der Waals surface area contributed by atoms with Crippen LogP contribution in [-0.2, 0) is 16.1 Å². The number of nitrogens with zero attached hydrogens (tertiary/aromatic N) is 1. The van der Waals surface area contributed by atoms with Crippen LogP contribution >= 0.6 is 15.9 Å². The van der Waals surface area contributed by atoms with Gasteiger partial charge in [-0.3, -0.25) is 4.79 Å². The van der Waals surface area contributed by atoms with Gasteiger partial charge in [0.2, 0.25) is 0 Å². The molecule has 0 saturated carbocycles. The molecule has 0 atom stereocenters. The molecule has 2 rings (SSSR count). The molecule has 4 heteroatoms. The molecule has 1 heterocycles. The van der Waals surface area contributed by atoms with Crippen LogP contribution in [0.4, 0.5) is 0 Å². The minimum atomic E-state index is 0.0185. The first-order chi connectivity index (χ1) is 17.0. The van der Waals surface area contributed by atoms with E-state index in [0.29, 0.717) is 6.54 Å². The lowest BCUT2D eigenvalue weighted by Gasteiger charge is -2.02. The lowest BCUT2D eigenvalue weighted by atomic mass is 10.1. The van der Waals surface area contributed by atoms with Crippen molar-refractivity contribution in [3.05, 3.63) is 46.6 Å². The molecule has 1 aromatic carbocycles. The van der Waals surface area contributed by atoms with Crippen molar-refractivity contribution < 1.29 is 9.59 Å². The fourth-order valence-corrected chi connectivity index (χ4v) is 2.46. The van der Waals surface area contributed by atoms with Crippen LogP contribution in [0.2, 0.25) is 0 Å². The number of ketones is 1. The first-order valence-electron chi connectivity index (χ1n) is 13.9. The van der Waals surface area contributed by atoms with Crippen LogP contribution in [0.3, 0.4) is 0 Å². The standard InChI is InChI=1S/C12H12BrNO.C6H14.C4H6O.2C3H8.2C2H6/c1-8-5-12-10(6-11(8)13)9(2)7-14(12)3-4-15;1-4-6(3)5-2;1-3-4(2)5;2*1-3-2;2*1-2/h4-7H,3H2,1-2H3;6H,4-5H2,1-3H3;3H,1H2,2H3;2*3H2,1-2H3;2*1-2H3. The van der Waals surface area contributed by atoms with Crippen LogP contribution in [0.25, 0.3) is 10.9 Å². The Morgan fingerprint density at radius 2 is 1.33 bits per heavy atom. The van der Waals surface area contributed by atoms with Gasteiger partial charge < -0.3 is 9.36 Å². The van der Waals surface area contributed by atoms with E-state index in [9.17, 15) is 9.59 Å². The van der Waals surface area contributed by atoms with Crippen LogP contribution in [0, 0.1) is 19.8 Å². The maximum Gasteiger partial charge on any atom is 0.152 e. The van der Waals surface area contributed by atoms with Gasteiger partial charge in [-0.25, -0.2) is 0 Å². The van der Waals surface area contributed by atoms with Crippen LogP contribution in [0.5, 0.6) is 0 Å². The molecule has 0 radical (unpaired) electrons. The Hall–Kier alpha value is -1.68. The van der Waals surface area contributed by atoms with Gasteiger partial charge in [-0.05, 0) is 56.0 Å². The van der Waals surface area contributed by atoms with Crippen LogP contribution < -0.4 is 0 Å². The van der Waals surface area contributed by atoms with Gasteiger partial charge in [0.15, 0.2) is 5.78 Å². The van der Waals surface area contributed by atoms with E-state index in [2.05, 4.69) is 97.0 Å². The van der Waals surface area contributed by atoms with Crippen molar-refractivity contribution in [2.24, 2.45) is 5.92 Å². The summed E-state index contributed by atoms with van der Waals surface area (Å²) >= 11 is 3.52. The lowest BCUT2D eigenvalue weighted by molar-refractivity contribution is -0.112. The van der Waals surface area contributed by atoms with Gasteiger partial charge in [-0.1, -0.05) is 124 Å². The number of hydrogen-bond donors (Lipinski definition) is 0. The summed E-state index contributed by atoms with van der Waals surface area (Å²) in [6.07, 6.45) is 9.38. The van der Waals surface area contributed by atoms with Crippen molar-refractivity contribution in [2.45, 2.75) is 129 Å². The second kappa shape index (κ2) is 33.3. The molecule has 0 spiro atoms. The number of hydrogen-bond acceptors (Lipinski definition) is 2. The number of aryl methyl sites for hydroxylation is 2. The van der Waals surface area contributed by atoms with E-state index in [-0.39, 0.29) is 5.78 Å². The van der Waals surface area contributed by atoms with Crippen molar-refractivity contribution in [1.29, 1.82) is 0 Å². The minimum absolute atomic E-state index is 0.0185. The topological polar surface area (TPSA) is 39.1 Å². The summed E-state index contributed by atoms with van der Waals surface area (Å²) in [6, 6.07) is 4.22. The quantitative estimate of drug-likeness (QED) is 0.265. The number of allylic oxidation sites excluding steroid dienone is 1. The Balaban J connectivity index is -0.000000128. The van der Waals surface area contributed by atoms with Gasteiger partial charge in [-0.2, -0.15) is 0 Å². The van der Waals surface area contributed by atoms with Gasteiger partial charge in [0.1, 0.15) is 6.29 Å². The van der Waals surface area contributed by atoms with Crippen molar-refractivity contribution >= 4 is 38.9 Å². The van der Waals surface area contributed by atoms with E-state index >= 15 is 0 Å². The maximum absolute atomic E-state index is 10.5. The predicted molar refractivity (Wildman–Crippen MR) is 170 cm³/mol. The van der Waals surface area contributed by atoms with E-state index in [4.69, 9.17) is 0 Å². The monoisotopic (exact) mass is 569 g/mol. The Morgan fingerprint density at radius 1 is 0.944 bits per heavy atom. The van der Waals surface area contributed by atoms with Gasteiger partial charge in [0.25, 0.3) is 0 Å². The molecule has 0 aliphatic carbocycles. The van der Waals surface area contributed by atoms with Gasteiger partial charge in [0.05, 0.1) is 6.54 Å². The highest BCUT2D eigenvalue weighted by Crippen LogP contribution is 2.27. The van der Waals surface area contributed by atoms with Gasteiger partial charge in [-0.15, -0.1) is 0 Å². The fourth-order valence-electron chi connectivity index (χ4n) is 2.11. The zero-order valence-corrected chi connectivity index (χ0v) is 27.9. The van der Waals surface area contributed by atoms with Crippen molar-refractivity contribution in [3.8, 4) is 0 Å². The summed E-state index contributed by atoms with van der Waals surface area (Å²) in [7, 11) is 0. The second-order valence-corrected chi connectivity index (χ2v) is 8.75. The summed E-state index contributed by atoms with van der Waals surface area (Å²) in [4.78, 5) is 20.2. The molecule has 0 N–H and O–H groups in total. The van der Waals surface area contributed by atoms with E-state index in [0.717, 1.165) is 22.2 Å². The van der Waals surface area contributed by atoms with Crippen molar-refractivity contribution in [2.75, 3.05) is 0 Å². The van der Waals surface area contributed by atoms with Gasteiger partial charge in [0, 0.05) is 21.6 Å². The molecule has 0 aliphatic rings. The highest BCUT2D eigenvalue weighted by Gasteiger charge is 2.07. The first kappa shape index (κ1) is 44.3. The van der Waals surface area contributed by atoms with Crippen molar-refractivity contribution in [3.63, 3.8) is 0 Å². The Morgan fingerprint density at radius 3 is 1.61 bits per heavy atom. The molecule has 0 bridgehead atoms. The summed E-state index contributed by atoms with van der Waals surface area (Å²) in [5, 5.41) is 1.20. The highest BCUT2D eigenvalue weighted by atomic mass is 79.9. The van der Waals surface area contributed by atoms with Crippen LogP contribution in [0.15, 0.2) is 35.5 Å². The number of aromatic nitrogens is 1. The molecule has 1 aromatic heterocycles. The summed E-state index contributed by atoms with van der Waals surface area (Å²) in [5.74, 6) is 0.954. The van der Waals surface area contributed by atoms with Crippen molar-refractivity contribution in [1.82, 2.24) is 4.57 Å². The third-order valence-corrected chi connectivity index (χ3v) is 5.17.